The quantitative estimate of drug-likeness (QED) is 0.706. The van der Waals surface area contributed by atoms with E-state index in [4.69, 9.17) is 0 Å². The average Bonchev–Trinajstić information content (AvgIpc) is 3.14. The van der Waals surface area contributed by atoms with Crippen LogP contribution in [0.25, 0.3) is 0 Å². The average molecular weight is 340 g/mol. The summed E-state index contributed by atoms with van der Waals surface area (Å²) < 4.78 is 13.2. The van der Waals surface area contributed by atoms with E-state index in [0.29, 0.717) is 6.54 Å². The Morgan fingerprint density at radius 1 is 1.00 bits per heavy atom. The van der Waals surface area contributed by atoms with Crippen molar-refractivity contribution >= 4 is 17.4 Å². The summed E-state index contributed by atoms with van der Waals surface area (Å²) in [5.74, 6) is -0.294. The molecule has 0 aliphatic heterocycles. The van der Waals surface area contributed by atoms with E-state index in [9.17, 15) is 9.18 Å². The van der Waals surface area contributed by atoms with Crippen LogP contribution in [0.2, 0.25) is 0 Å². The molecule has 0 aliphatic carbocycles. The lowest BCUT2D eigenvalue weighted by Crippen LogP contribution is -2.37. The number of urea groups is 1. The first kappa shape index (κ1) is 16.2. The molecule has 24 heavy (non-hydrogen) atoms. The Morgan fingerprint density at radius 3 is 2.42 bits per heavy atom. The van der Waals surface area contributed by atoms with Crippen molar-refractivity contribution in [3.05, 3.63) is 93.9 Å². The molecule has 0 bridgehead atoms. The Labute approximate surface area is 144 Å². The minimum Gasteiger partial charge on any atom is -0.334 e. The van der Waals surface area contributed by atoms with Crippen LogP contribution in [0.4, 0.5) is 9.18 Å². The van der Waals surface area contributed by atoms with Gasteiger partial charge in [-0.2, -0.15) is 0 Å². The highest BCUT2D eigenvalue weighted by Gasteiger charge is 2.17. The van der Waals surface area contributed by atoms with E-state index < -0.39 is 0 Å². The molecule has 2 aromatic carbocycles. The highest BCUT2D eigenvalue weighted by Crippen LogP contribution is 2.26. The highest BCUT2D eigenvalue weighted by atomic mass is 32.1. The van der Waals surface area contributed by atoms with E-state index in [-0.39, 0.29) is 17.9 Å². The molecule has 122 valence electrons. The molecule has 1 atom stereocenters. The molecular weight excluding hydrogens is 323 g/mol. The maximum absolute atomic E-state index is 13.2. The third kappa shape index (κ3) is 4.20. The topological polar surface area (TPSA) is 41.1 Å². The largest absolute Gasteiger partial charge is 0.334 e. The van der Waals surface area contributed by atoms with E-state index in [0.717, 1.165) is 16.0 Å². The van der Waals surface area contributed by atoms with Crippen LogP contribution in [0, 0.1) is 5.82 Å². The molecule has 1 aromatic heterocycles. The number of halogens is 1. The van der Waals surface area contributed by atoms with Gasteiger partial charge in [0.15, 0.2) is 0 Å². The third-order valence-electron chi connectivity index (χ3n) is 3.60. The molecule has 3 aromatic rings. The van der Waals surface area contributed by atoms with Crippen molar-refractivity contribution in [2.75, 3.05) is 0 Å². The molecule has 2 N–H and O–H groups in total. The number of nitrogens with one attached hydrogen (secondary N) is 2. The Bertz CT molecular complexity index is 773. The zero-order valence-electron chi connectivity index (χ0n) is 12.9. The lowest BCUT2D eigenvalue weighted by atomic mass is 10.1. The Hall–Kier alpha value is -2.66. The van der Waals surface area contributed by atoms with Gasteiger partial charge in [-0.05, 0) is 34.7 Å². The van der Waals surface area contributed by atoms with Gasteiger partial charge in [-0.3, -0.25) is 0 Å². The first-order valence-electron chi connectivity index (χ1n) is 7.59. The molecule has 0 saturated carbocycles. The molecule has 1 heterocycles. The number of carbonyl (C=O) groups excluding carboxylic acids is 1. The summed E-state index contributed by atoms with van der Waals surface area (Å²) in [6.07, 6.45) is 0. The Kier molecular flexibility index (Phi) is 5.23. The van der Waals surface area contributed by atoms with E-state index in [2.05, 4.69) is 10.6 Å². The first-order valence-corrected chi connectivity index (χ1v) is 8.47. The number of hydrogen-bond donors (Lipinski definition) is 2. The van der Waals surface area contributed by atoms with Crippen molar-refractivity contribution in [2.45, 2.75) is 12.6 Å². The molecule has 0 fully saturated rings. The molecule has 0 spiro atoms. The molecule has 0 aliphatic rings. The van der Waals surface area contributed by atoms with Crippen molar-refractivity contribution in [2.24, 2.45) is 0 Å². The molecule has 3 nitrogen and oxygen atoms in total. The van der Waals surface area contributed by atoms with Gasteiger partial charge >= 0.3 is 6.03 Å². The van der Waals surface area contributed by atoms with Crippen LogP contribution >= 0.6 is 11.3 Å². The van der Waals surface area contributed by atoms with Crippen molar-refractivity contribution < 1.29 is 9.18 Å². The highest BCUT2D eigenvalue weighted by molar-refractivity contribution is 7.10. The summed E-state index contributed by atoms with van der Waals surface area (Å²) in [6.45, 7) is 0.452. The molecule has 0 saturated heterocycles. The molecule has 0 radical (unpaired) electrons. The fourth-order valence-corrected chi connectivity index (χ4v) is 3.19. The van der Waals surface area contributed by atoms with Gasteiger partial charge in [-0.15, -0.1) is 11.3 Å². The summed E-state index contributed by atoms with van der Waals surface area (Å²) >= 11 is 1.55. The van der Waals surface area contributed by atoms with Crippen molar-refractivity contribution in [3.8, 4) is 0 Å². The zero-order valence-corrected chi connectivity index (χ0v) is 13.7. The molecular formula is C19H17FN2OS. The minimum atomic E-state index is -0.304. The van der Waals surface area contributed by atoms with Crippen molar-refractivity contribution in [1.82, 2.24) is 10.6 Å². The van der Waals surface area contributed by atoms with Gasteiger partial charge in [0.25, 0.3) is 0 Å². The summed E-state index contributed by atoms with van der Waals surface area (Å²) in [4.78, 5) is 13.3. The van der Waals surface area contributed by atoms with E-state index in [1.165, 1.54) is 12.1 Å². The van der Waals surface area contributed by atoms with Crippen LogP contribution in [-0.4, -0.2) is 6.03 Å². The van der Waals surface area contributed by atoms with Gasteiger partial charge in [0.05, 0.1) is 6.04 Å². The van der Waals surface area contributed by atoms with Crippen molar-refractivity contribution in [3.63, 3.8) is 0 Å². The van der Waals surface area contributed by atoms with Crippen LogP contribution in [-0.2, 0) is 6.54 Å². The number of hydrogen-bond acceptors (Lipinski definition) is 2. The second-order valence-corrected chi connectivity index (χ2v) is 6.29. The third-order valence-corrected chi connectivity index (χ3v) is 4.54. The lowest BCUT2D eigenvalue weighted by molar-refractivity contribution is 0.238. The fraction of sp³-hybridized carbons (Fsp3) is 0.105. The van der Waals surface area contributed by atoms with Crippen LogP contribution in [0.15, 0.2) is 72.1 Å². The van der Waals surface area contributed by atoms with Crippen molar-refractivity contribution in [1.29, 1.82) is 0 Å². The van der Waals surface area contributed by atoms with Crippen LogP contribution in [0.5, 0.6) is 0 Å². The Balaban J connectivity index is 1.70. The van der Waals surface area contributed by atoms with Gasteiger partial charge in [0.2, 0.25) is 0 Å². The monoisotopic (exact) mass is 340 g/mol. The molecule has 5 heteroatoms. The molecule has 3 rings (SSSR count). The van der Waals surface area contributed by atoms with Gasteiger partial charge in [-0.25, -0.2) is 9.18 Å². The van der Waals surface area contributed by atoms with E-state index in [1.54, 1.807) is 23.5 Å². The predicted molar refractivity (Wildman–Crippen MR) is 94.4 cm³/mol. The predicted octanol–water partition coefficient (Wildman–Crippen LogP) is 4.48. The number of rotatable bonds is 5. The number of thiophene rings is 1. The van der Waals surface area contributed by atoms with Gasteiger partial charge in [0.1, 0.15) is 5.82 Å². The second kappa shape index (κ2) is 7.75. The standard InChI is InChI=1S/C19H17FN2OS/c20-16-10-8-15(9-11-16)18(17-7-4-12-24-17)22-19(23)21-13-14-5-2-1-3-6-14/h1-12,18H,13H2,(H2,21,22,23)/t18-/m1/s1. The van der Waals surface area contributed by atoms with Gasteiger partial charge < -0.3 is 10.6 Å². The van der Waals surface area contributed by atoms with Crippen LogP contribution < -0.4 is 10.6 Å². The maximum Gasteiger partial charge on any atom is 0.315 e. The fourth-order valence-electron chi connectivity index (χ4n) is 2.39. The zero-order chi connectivity index (χ0) is 16.8. The lowest BCUT2D eigenvalue weighted by Gasteiger charge is -2.18. The number of carbonyl (C=O) groups is 1. The number of amides is 2. The van der Waals surface area contributed by atoms with E-state index in [1.807, 2.05) is 47.8 Å². The van der Waals surface area contributed by atoms with Crippen LogP contribution in [0.1, 0.15) is 22.0 Å². The second-order valence-electron chi connectivity index (χ2n) is 5.31. The molecule has 2 amide bonds. The SMILES string of the molecule is O=C(NCc1ccccc1)N[C@H](c1ccc(F)cc1)c1cccs1. The molecule has 0 unspecified atom stereocenters. The van der Waals surface area contributed by atoms with Gasteiger partial charge in [-0.1, -0.05) is 48.5 Å². The van der Waals surface area contributed by atoms with E-state index >= 15 is 0 Å². The van der Waals surface area contributed by atoms with Crippen LogP contribution in [0.3, 0.4) is 0 Å². The normalized spacial score (nSPS) is 11.7. The maximum atomic E-state index is 13.2. The Morgan fingerprint density at radius 2 is 1.75 bits per heavy atom. The summed E-state index contributed by atoms with van der Waals surface area (Å²) in [6, 6.07) is 19.2. The minimum absolute atomic E-state index is 0.262. The summed E-state index contributed by atoms with van der Waals surface area (Å²) in [5.41, 5.74) is 1.87. The summed E-state index contributed by atoms with van der Waals surface area (Å²) in [5, 5.41) is 7.77. The smallest absolute Gasteiger partial charge is 0.315 e. The van der Waals surface area contributed by atoms with Gasteiger partial charge in [0, 0.05) is 11.4 Å². The summed E-state index contributed by atoms with van der Waals surface area (Å²) in [7, 11) is 0. The number of benzene rings is 2. The first-order chi connectivity index (χ1) is 11.7.